The first-order chi connectivity index (χ1) is 13.9. The predicted octanol–water partition coefficient (Wildman–Crippen LogP) is 4.59. The zero-order valence-corrected chi connectivity index (χ0v) is 17.5. The largest absolute Gasteiger partial charge is 0.323 e. The summed E-state index contributed by atoms with van der Waals surface area (Å²) in [7, 11) is 0. The second kappa shape index (κ2) is 9.57. The molecule has 0 spiro atoms. The minimum Gasteiger partial charge on any atom is -0.323 e. The molecule has 1 atom stereocenters. The van der Waals surface area contributed by atoms with Crippen LogP contribution >= 0.6 is 23.2 Å². The van der Waals surface area contributed by atoms with Crippen molar-refractivity contribution < 1.29 is 14.0 Å². The van der Waals surface area contributed by atoms with Crippen molar-refractivity contribution in [1.29, 1.82) is 0 Å². The number of carbonyl (C=O) groups is 2. The number of hydrogen-bond donors (Lipinski definition) is 1. The van der Waals surface area contributed by atoms with Crippen LogP contribution in [0.2, 0.25) is 10.0 Å². The molecule has 0 bridgehead atoms. The first-order valence-corrected chi connectivity index (χ1v) is 10.2. The van der Waals surface area contributed by atoms with Crippen molar-refractivity contribution in [2.75, 3.05) is 29.9 Å². The lowest BCUT2D eigenvalue weighted by atomic mass is 10.2. The second-order valence-electron chi connectivity index (χ2n) is 6.86. The fraction of sp³-hybridized carbons (Fsp3) is 0.333. The number of likely N-dealkylation sites (tertiary alicyclic amines) is 1. The highest BCUT2D eigenvalue weighted by Crippen LogP contribution is 2.27. The number of nitrogens with one attached hydrogen (secondary N) is 1. The number of benzene rings is 2. The summed E-state index contributed by atoms with van der Waals surface area (Å²) in [6, 6.07) is 10.2. The topological polar surface area (TPSA) is 52.7 Å². The summed E-state index contributed by atoms with van der Waals surface area (Å²) in [6.07, 6.45) is 1.47. The number of amides is 2. The number of nitrogens with zero attached hydrogens (tertiary/aromatic N) is 2. The van der Waals surface area contributed by atoms with Crippen molar-refractivity contribution in [3.8, 4) is 0 Å². The molecule has 0 saturated carbocycles. The van der Waals surface area contributed by atoms with E-state index in [1.165, 1.54) is 12.1 Å². The van der Waals surface area contributed by atoms with Crippen LogP contribution in [0.15, 0.2) is 42.5 Å². The fourth-order valence-corrected chi connectivity index (χ4v) is 3.84. The maximum Gasteiger partial charge on any atom is 0.241 e. The molecule has 1 saturated heterocycles. The molecule has 1 aliphatic heterocycles. The lowest BCUT2D eigenvalue weighted by molar-refractivity contribution is -0.123. The van der Waals surface area contributed by atoms with Gasteiger partial charge in [-0.2, -0.15) is 0 Å². The molecule has 2 aromatic carbocycles. The number of hydrogen-bond acceptors (Lipinski definition) is 3. The third-order valence-corrected chi connectivity index (χ3v) is 5.51. The Labute approximate surface area is 179 Å². The molecule has 2 aromatic rings. The first-order valence-electron chi connectivity index (χ1n) is 9.45. The van der Waals surface area contributed by atoms with E-state index in [4.69, 9.17) is 23.2 Å². The number of carbonyl (C=O) groups excluding carboxylic acids is 2. The molecular formula is C21H22Cl2FN3O2. The lowest BCUT2D eigenvalue weighted by Gasteiger charge is -2.27. The van der Waals surface area contributed by atoms with E-state index in [1.807, 2.05) is 11.8 Å². The molecule has 1 heterocycles. The quantitative estimate of drug-likeness (QED) is 0.718. The van der Waals surface area contributed by atoms with Crippen LogP contribution in [0.1, 0.15) is 19.8 Å². The molecule has 0 aliphatic carbocycles. The van der Waals surface area contributed by atoms with Crippen molar-refractivity contribution in [1.82, 2.24) is 4.90 Å². The van der Waals surface area contributed by atoms with Crippen LogP contribution in [0.4, 0.5) is 15.8 Å². The molecule has 0 aromatic heterocycles. The van der Waals surface area contributed by atoms with E-state index >= 15 is 0 Å². The normalized spacial score (nSPS) is 16.6. The van der Waals surface area contributed by atoms with Crippen LogP contribution in [0.5, 0.6) is 0 Å². The van der Waals surface area contributed by atoms with Gasteiger partial charge in [0.2, 0.25) is 11.8 Å². The van der Waals surface area contributed by atoms with Gasteiger partial charge in [0, 0.05) is 17.3 Å². The van der Waals surface area contributed by atoms with E-state index in [-0.39, 0.29) is 24.2 Å². The molecule has 1 N–H and O–H groups in total. The number of rotatable bonds is 6. The molecule has 3 rings (SSSR count). The highest BCUT2D eigenvalue weighted by molar-refractivity contribution is 6.35. The number of anilines is 2. The van der Waals surface area contributed by atoms with Gasteiger partial charge in [-0.15, -0.1) is 0 Å². The van der Waals surface area contributed by atoms with E-state index in [0.29, 0.717) is 40.9 Å². The van der Waals surface area contributed by atoms with Crippen LogP contribution in [-0.2, 0) is 9.59 Å². The van der Waals surface area contributed by atoms with Gasteiger partial charge in [-0.05, 0) is 68.8 Å². The van der Waals surface area contributed by atoms with Crippen LogP contribution in [0, 0.1) is 5.82 Å². The van der Waals surface area contributed by atoms with Gasteiger partial charge in [-0.25, -0.2) is 4.39 Å². The molecular weight excluding hydrogens is 416 g/mol. The Morgan fingerprint density at radius 1 is 1.21 bits per heavy atom. The summed E-state index contributed by atoms with van der Waals surface area (Å²) in [5, 5.41) is 3.69. The van der Waals surface area contributed by atoms with Gasteiger partial charge in [0.15, 0.2) is 0 Å². The Kier molecular flexibility index (Phi) is 7.11. The Hall–Kier alpha value is -2.15. The molecule has 0 radical (unpaired) electrons. The molecule has 8 heteroatoms. The number of likely N-dealkylation sites (N-methyl/N-ethyl adjacent to an activating group) is 1. The Balaban J connectivity index is 1.68. The van der Waals surface area contributed by atoms with Crippen molar-refractivity contribution in [3.05, 3.63) is 58.3 Å². The summed E-state index contributed by atoms with van der Waals surface area (Å²) in [5.74, 6) is -0.711. The standard InChI is InChI=1S/C21H22Cl2FN3O2/c1-2-27(16-8-6-15(24)7-9-16)20(28)13-26-11-3-4-19(26)21(29)25-18-12-14(22)5-10-17(18)23/h5-10,12,19H,2-4,11,13H2,1H3,(H,25,29)/t19-/m0/s1. The smallest absolute Gasteiger partial charge is 0.241 e. The average Bonchev–Trinajstić information content (AvgIpc) is 3.15. The minimum atomic E-state index is -0.430. The van der Waals surface area contributed by atoms with Crippen LogP contribution in [0.3, 0.4) is 0 Å². The third kappa shape index (κ3) is 5.26. The molecule has 5 nitrogen and oxygen atoms in total. The SMILES string of the molecule is CCN(C(=O)CN1CCC[C@H]1C(=O)Nc1cc(Cl)ccc1Cl)c1ccc(F)cc1. The average molecular weight is 438 g/mol. The van der Waals surface area contributed by atoms with Gasteiger partial charge in [-0.1, -0.05) is 23.2 Å². The molecule has 154 valence electrons. The monoisotopic (exact) mass is 437 g/mol. The maximum absolute atomic E-state index is 13.2. The van der Waals surface area contributed by atoms with Gasteiger partial charge in [0.1, 0.15) is 5.82 Å². The van der Waals surface area contributed by atoms with Gasteiger partial charge in [0.25, 0.3) is 0 Å². The highest BCUT2D eigenvalue weighted by atomic mass is 35.5. The van der Waals surface area contributed by atoms with Crippen molar-refractivity contribution >= 4 is 46.4 Å². The number of halogens is 3. The summed E-state index contributed by atoms with van der Waals surface area (Å²) in [6.45, 7) is 3.06. The Morgan fingerprint density at radius 3 is 2.62 bits per heavy atom. The molecule has 1 aliphatic rings. The summed E-state index contributed by atoms with van der Waals surface area (Å²) >= 11 is 12.1. The van der Waals surface area contributed by atoms with Crippen LogP contribution in [0.25, 0.3) is 0 Å². The van der Waals surface area contributed by atoms with E-state index in [1.54, 1.807) is 35.2 Å². The van der Waals surface area contributed by atoms with Crippen molar-refractivity contribution in [2.24, 2.45) is 0 Å². The van der Waals surface area contributed by atoms with Gasteiger partial charge >= 0.3 is 0 Å². The molecule has 29 heavy (non-hydrogen) atoms. The first kappa shape index (κ1) is 21.6. The molecule has 1 fully saturated rings. The van der Waals surface area contributed by atoms with E-state index in [0.717, 1.165) is 6.42 Å². The van der Waals surface area contributed by atoms with E-state index < -0.39 is 6.04 Å². The van der Waals surface area contributed by atoms with Crippen LogP contribution < -0.4 is 10.2 Å². The highest BCUT2D eigenvalue weighted by Gasteiger charge is 2.33. The maximum atomic E-state index is 13.2. The molecule has 0 unspecified atom stereocenters. The Bertz CT molecular complexity index is 892. The van der Waals surface area contributed by atoms with Gasteiger partial charge in [-0.3, -0.25) is 14.5 Å². The lowest BCUT2D eigenvalue weighted by Crippen LogP contribution is -2.46. The van der Waals surface area contributed by atoms with E-state index in [9.17, 15) is 14.0 Å². The zero-order valence-electron chi connectivity index (χ0n) is 16.0. The van der Waals surface area contributed by atoms with Crippen LogP contribution in [-0.4, -0.2) is 42.4 Å². The fourth-order valence-electron chi connectivity index (χ4n) is 3.50. The zero-order chi connectivity index (χ0) is 21.0. The molecule has 2 amide bonds. The second-order valence-corrected chi connectivity index (χ2v) is 7.70. The van der Waals surface area contributed by atoms with Crippen molar-refractivity contribution in [3.63, 3.8) is 0 Å². The van der Waals surface area contributed by atoms with Gasteiger partial charge in [0.05, 0.1) is 23.3 Å². The van der Waals surface area contributed by atoms with E-state index in [2.05, 4.69) is 5.32 Å². The summed E-state index contributed by atoms with van der Waals surface area (Å²) < 4.78 is 13.2. The third-order valence-electron chi connectivity index (χ3n) is 4.95. The minimum absolute atomic E-state index is 0.104. The summed E-state index contributed by atoms with van der Waals surface area (Å²) in [4.78, 5) is 29.1. The van der Waals surface area contributed by atoms with Crippen molar-refractivity contribution in [2.45, 2.75) is 25.8 Å². The Morgan fingerprint density at radius 2 is 1.93 bits per heavy atom. The van der Waals surface area contributed by atoms with Gasteiger partial charge < -0.3 is 10.2 Å². The predicted molar refractivity (Wildman–Crippen MR) is 114 cm³/mol. The summed E-state index contributed by atoms with van der Waals surface area (Å²) in [5.41, 5.74) is 1.08.